The Hall–Kier alpha value is -1.80. The Kier molecular flexibility index (Phi) is 3.96. The molecule has 1 heterocycles. The number of likely N-dealkylation sites (N-methyl/N-ethyl adjacent to an activating group) is 1. The average Bonchev–Trinajstić information content (AvgIpc) is 3.30. The van der Waals surface area contributed by atoms with Crippen LogP contribution in [0.15, 0.2) is 23.1 Å². The van der Waals surface area contributed by atoms with Crippen molar-refractivity contribution in [1.29, 1.82) is 0 Å². The topological polar surface area (TPSA) is 84.9 Å². The number of sulfonamides is 1. The molecule has 8 heteroatoms. The molecule has 120 valence electrons. The Morgan fingerprint density at radius 1 is 1.27 bits per heavy atom. The average molecular weight is 326 g/mol. The molecule has 0 spiro atoms. The van der Waals surface area contributed by atoms with Gasteiger partial charge in [-0.2, -0.15) is 4.31 Å². The van der Waals surface area contributed by atoms with Crippen molar-refractivity contribution in [3.05, 3.63) is 18.2 Å². The van der Waals surface area contributed by atoms with E-state index in [1.807, 2.05) is 0 Å². The van der Waals surface area contributed by atoms with Gasteiger partial charge in [-0.05, 0) is 25.0 Å². The zero-order valence-corrected chi connectivity index (χ0v) is 13.1. The van der Waals surface area contributed by atoms with E-state index in [1.54, 1.807) is 6.07 Å². The molecule has 3 rings (SSSR count). The lowest BCUT2D eigenvalue weighted by Crippen LogP contribution is -2.39. The number of carbonyl (C=O) groups is 1. The highest BCUT2D eigenvalue weighted by Crippen LogP contribution is 2.32. The number of hydrogen-bond donors (Lipinski definition) is 1. The highest BCUT2D eigenvalue weighted by molar-refractivity contribution is 7.89. The van der Waals surface area contributed by atoms with Crippen LogP contribution in [0.4, 0.5) is 0 Å². The van der Waals surface area contributed by atoms with Crippen LogP contribution in [0.3, 0.4) is 0 Å². The van der Waals surface area contributed by atoms with Crippen LogP contribution < -0.4 is 14.8 Å². The van der Waals surface area contributed by atoms with Gasteiger partial charge in [0.25, 0.3) is 0 Å². The lowest BCUT2D eigenvalue weighted by atomic mass is 10.3. The summed E-state index contributed by atoms with van der Waals surface area (Å²) in [5, 5.41) is 2.77. The molecule has 0 unspecified atom stereocenters. The van der Waals surface area contributed by atoms with Gasteiger partial charge in [0.2, 0.25) is 15.9 Å². The Bertz CT molecular complexity index is 684. The Morgan fingerprint density at radius 3 is 2.64 bits per heavy atom. The molecule has 2 aliphatic rings. The minimum absolute atomic E-state index is 0.0819. The van der Waals surface area contributed by atoms with Gasteiger partial charge in [-0.15, -0.1) is 0 Å². The third kappa shape index (κ3) is 3.17. The Morgan fingerprint density at radius 2 is 1.95 bits per heavy atom. The highest BCUT2D eigenvalue weighted by Gasteiger charge is 2.28. The van der Waals surface area contributed by atoms with Gasteiger partial charge in [-0.3, -0.25) is 4.79 Å². The van der Waals surface area contributed by atoms with E-state index >= 15 is 0 Å². The number of benzene rings is 1. The van der Waals surface area contributed by atoms with Crippen molar-refractivity contribution in [2.45, 2.75) is 23.8 Å². The van der Waals surface area contributed by atoms with Crippen molar-refractivity contribution in [1.82, 2.24) is 9.62 Å². The fraction of sp³-hybridized carbons (Fsp3) is 0.500. The SMILES string of the molecule is CN(CC(=O)NC1CC1)S(=O)(=O)c1ccc2c(c1)OCCO2. The monoisotopic (exact) mass is 326 g/mol. The van der Waals surface area contributed by atoms with Crippen LogP contribution in [0.25, 0.3) is 0 Å². The maximum Gasteiger partial charge on any atom is 0.243 e. The minimum atomic E-state index is -3.75. The molecule has 1 aromatic carbocycles. The molecule has 1 fully saturated rings. The maximum atomic E-state index is 12.5. The lowest BCUT2D eigenvalue weighted by Gasteiger charge is -2.21. The summed E-state index contributed by atoms with van der Waals surface area (Å²) >= 11 is 0. The Balaban J connectivity index is 1.74. The van der Waals surface area contributed by atoms with Gasteiger partial charge < -0.3 is 14.8 Å². The molecule has 0 bridgehead atoms. The van der Waals surface area contributed by atoms with Crippen LogP contribution in [-0.4, -0.2) is 51.5 Å². The highest BCUT2D eigenvalue weighted by atomic mass is 32.2. The number of hydrogen-bond acceptors (Lipinski definition) is 5. The van der Waals surface area contributed by atoms with Gasteiger partial charge in [0, 0.05) is 19.2 Å². The fourth-order valence-corrected chi connectivity index (χ4v) is 3.30. The second-order valence-electron chi connectivity index (χ2n) is 5.41. The predicted octanol–water partition coefficient (Wildman–Crippen LogP) is 0.357. The van der Waals surface area contributed by atoms with Crippen molar-refractivity contribution in [3.63, 3.8) is 0 Å². The zero-order chi connectivity index (χ0) is 15.7. The first-order chi connectivity index (χ1) is 10.5. The van der Waals surface area contributed by atoms with Crippen molar-refractivity contribution in [2.75, 3.05) is 26.8 Å². The normalized spacial score (nSPS) is 17.4. The molecule has 1 aromatic rings. The van der Waals surface area contributed by atoms with E-state index in [1.165, 1.54) is 19.2 Å². The molecule has 1 amide bonds. The molecule has 0 aromatic heterocycles. The van der Waals surface area contributed by atoms with Crippen LogP contribution in [0.5, 0.6) is 11.5 Å². The third-order valence-electron chi connectivity index (χ3n) is 3.53. The zero-order valence-electron chi connectivity index (χ0n) is 12.2. The summed E-state index contributed by atoms with van der Waals surface area (Å²) in [5.74, 6) is 0.647. The summed E-state index contributed by atoms with van der Waals surface area (Å²) in [7, 11) is -2.36. The summed E-state index contributed by atoms with van der Waals surface area (Å²) in [6.07, 6.45) is 1.93. The van der Waals surface area contributed by atoms with E-state index < -0.39 is 10.0 Å². The predicted molar refractivity (Wildman–Crippen MR) is 78.4 cm³/mol. The van der Waals surface area contributed by atoms with E-state index in [2.05, 4.69) is 5.32 Å². The summed E-state index contributed by atoms with van der Waals surface area (Å²) < 4.78 is 36.8. The van der Waals surface area contributed by atoms with E-state index in [-0.39, 0.29) is 23.4 Å². The van der Waals surface area contributed by atoms with Gasteiger partial charge in [-0.25, -0.2) is 8.42 Å². The fourth-order valence-electron chi connectivity index (χ4n) is 2.15. The molecule has 1 aliphatic carbocycles. The second kappa shape index (κ2) is 5.77. The smallest absolute Gasteiger partial charge is 0.243 e. The number of nitrogens with zero attached hydrogens (tertiary/aromatic N) is 1. The van der Waals surface area contributed by atoms with Gasteiger partial charge in [0.05, 0.1) is 11.4 Å². The number of fused-ring (bicyclic) bond motifs is 1. The quantitative estimate of drug-likeness (QED) is 0.844. The van der Waals surface area contributed by atoms with Gasteiger partial charge >= 0.3 is 0 Å². The molecule has 7 nitrogen and oxygen atoms in total. The summed E-state index contributed by atoms with van der Waals surface area (Å²) in [4.78, 5) is 11.8. The molecule has 0 atom stereocenters. The molecule has 1 aliphatic heterocycles. The van der Waals surface area contributed by atoms with Gasteiger partial charge in [0.15, 0.2) is 11.5 Å². The minimum Gasteiger partial charge on any atom is -0.486 e. The molecule has 0 saturated heterocycles. The van der Waals surface area contributed by atoms with Crippen molar-refractivity contribution < 1.29 is 22.7 Å². The summed E-state index contributed by atoms with van der Waals surface area (Å²) in [6, 6.07) is 4.66. The molecular formula is C14H18N2O5S. The van der Waals surface area contributed by atoms with Crippen LogP contribution in [0.2, 0.25) is 0 Å². The number of amides is 1. The van der Waals surface area contributed by atoms with Crippen LogP contribution in [0.1, 0.15) is 12.8 Å². The largest absolute Gasteiger partial charge is 0.486 e. The first-order valence-corrected chi connectivity index (χ1v) is 8.56. The van der Waals surface area contributed by atoms with E-state index in [4.69, 9.17) is 9.47 Å². The standard InChI is InChI=1S/C14H18N2O5S/c1-16(9-14(17)15-10-2-3-10)22(18,19)11-4-5-12-13(8-11)21-7-6-20-12/h4-5,8,10H,2-3,6-7,9H2,1H3,(H,15,17). The summed E-state index contributed by atoms with van der Waals surface area (Å²) in [5.41, 5.74) is 0. The number of ether oxygens (including phenoxy) is 2. The number of nitrogens with one attached hydrogen (secondary N) is 1. The molecule has 0 radical (unpaired) electrons. The Labute approximate surface area is 129 Å². The van der Waals surface area contributed by atoms with Crippen molar-refractivity contribution in [2.24, 2.45) is 0 Å². The maximum absolute atomic E-state index is 12.5. The third-order valence-corrected chi connectivity index (χ3v) is 5.33. The van der Waals surface area contributed by atoms with E-state index in [0.29, 0.717) is 24.7 Å². The van der Waals surface area contributed by atoms with Gasteiger partial charge in [0.1, 0.15) is 13.2 Å². The van der Waals surface area contributed by atoms with Gasteiger partial charge in [-0.1, -0.05) is 0 Å². The van der Waals surface area contributed by atoms with Crippen molar-refractivity contribution >= 4 is 15.9 Å². The van der Waals surface area contributed by atoms with Crippen LogP contribution in [-0.2, 0) is 14.8 Å². The first-order valence-electron chi connectivity index (χ1n) is 7.12. The molecule has 1 saturated carbocycles. The molecule has 22 heavy (non-hydrogen) atoms. The van der Waals surface area contributed by atoms with E-state index in [9.17, 15) is 13.2 Å². The second-order valence-corrected chi connectivity index (χ2v) is 7.45. The molecule has 1 N–H and O–H groups in total. The van der Waals surface area contributed by atoms with Crippen LogP contribution >= 0.6 is 0 Å². The molecular weight excluding hydrogens is 308 g/mol. The number of rotatable bonds is 5. The van der Waals surface area contributed by atoms with Crippen LogP contribution in [0, 0.1) is 0 Å². The number of carbonyl (C=O) groups excluding carboxylic acids is 1. The first kappa shape index (κ1) is 15.1. The van der Waals surface area contributed by atoms with E-state index in [0.717, 1.165) is 17.1 Å². The lowest BCUT2D eigenvalue weighted by molar-refractivity contribution is -0.121. The summed E-state index contributed by atoms with van der Waals surface area (Å²) in [6.45, 7) is 0.629. The van der Waals surface area contributed by atoms with Crippen molar-refractivity contribution in [3.8, 4) is 11.5 Å².